The Balaban J connectivity index is 2.05. The van der Waals surface area contributed by atoms with Gasteiger partial charge in [-0.2, -0.15) is 0 Å². The van der Waals surface area contributed by atoms with Crippen LogP contribution in [0.15, 0.2) is 60.3 Å². The standard InChI is InChI=1S/C20H19F3N2O4/c1-3-6-14(25(28)29)10-9-13(2)17(21)20(22,23)11-12-24-18(26)15-7-4-5-8-16(15)19(24)27/h3-9,17H,1,10-12H2,2H3/b13-9?,14-6+. The summed E-state index contributed by atoms with van der Waals surface area (Å²) in [6, 6.07) is 5.94. The van der Waals surface area contributed by atoms with Gasteiger partial charge < -0.3 is 0 Å². The molecule has 0 saturated carbocycles. The normalized spacial score (nSPS) is 16.1. The molecule has 1 unspecified atom stereocenters. The highest BCUT2D eigenvalue weighted by Crippen LogP contribution is 2.32. The van der Waals surface area contributed by atoms with Gasteiger partial charge in [0.1, 0.15) is 0 Å². The molecule has 0 N–H and O–H groups in total. The number of allylic oxidation sites excluding steroid dienone is 4. The molecule has 1 aromatic carbocycles. The Bertz CT molecular complexity index is 874. The topological polar surface area (TPSA) is 80.5 Å². The lowest BCUT2D eigenvalue weighted by Gasteiger charge is -2.23. The summed E-state index contributed by atoms with van der Waals surface area (Å²) in [6.07, 6.45) is -0.856. The van der Waals surface area contributed by atoms with Gasteiger partial charge in [0.25, 0.3) is 17.7 Å². The van der Waals surface area contributed by atoms with Crippen LogP contribution in [-0.2, 0) is 0 Å². The van der Waals surface area contributed by atoms with E-state index in [0.29, 0.717) is 4.90 Å². The second-order valence-corrected chi connectivity index (χ2v) is 6.48. The number of benzene rings is 1. The fourth-order valence-electron chi connectivity index (χ4n) is 2.87. The third-order valence-corrected chi connectivity index (χ3v) is 4.50. The molecule has 1 aromatic rings. The van der Waals surface area contributed by atoms with Crippen LogP contribution in [0.3, 0.4) is 0 Å². The van der Waals surface area contributed by atoms with Crippen LogP contribution in [-0.4, -0.2) is 40.3 Å². The molecule has 0 radical (unpaired) electrons. The Morgan fingerprint density at radius 1 is 1.28 bits per heavy atom. The van der Waals surface area contributed by atoms with Crippen molar-refractivity contribution in [1.82, 2.24) is 4.90 Å². The number of hydrogen-bond donors (Lipinski definition) is 0. The predicted octanol–water partition coefficient (Wildman–Crippen LogP) is 4.33. The van der Waals surface area contributed by atoms with Crippen LogP contribution in [0.4, 0.5) is 13.2 Å². The highest BCUT2D eigenvalue weighted by Gasteiger charge is 2.43. The molecular weight excluding hydrogens is 389 g/mol. The maximum Gasteiger partial charge on any atom is 0.284 e. The monoisotopic (exact) mass is 408 g/mol. The van der Waals surface area contributed by atoms with Crippen molar-refractivity contribution in [1.29, 1.82) is 0 Å². The van der Waals surface area contributed by atoms with E-state index < -0.39 is 41.8 Å². The van der Waals surface area contributed by atoms with Crippen molar-refractivity contribution in [2.24, 2.45) is 0 Å². The smallest absolute Gasteiger partial charge is 0.274 e. The van der Waals surface area contributed by atoms with Crippen LogP contribution in [0.25, 0.3) is 0 Å². The van der Waals surface area contributed by atoms with E-state index in [1.54, 1.807) is 12.1 Å². The number of alkyl halides is 3. The fourth-order valence-corrected chi connectivity index (χ4v) is 2.87. The Kier molecular flexibility index (Phi) is 6.73. The summed E-state index contributed by atoms with van der Waals surface area (Å²) in [5.41, 5.74) is -0.458. The number of fused-ring (bicyclic) bond motifs is 1. The SMILES string of the molecule is C=C/C=C(\CC=C(C)C(F)C(F)(F)CCN1C(=O)c2ccccc2C1=O)[N+](=O)[O-]. The second kappa shape index (κ2) is 8.85. The summed E-state index contributed by atoms with van der Waals surface area (Å²) in [5.74, 6) is -5.27. The fraction of sp³-hybridized carbons (Fsp3) is 0.300. The molecule has 0 fully saturated rings. The van der Waals surface area contributed by atoms with Gasteiger partial charge in [-0.05, 0) is 24.6 Å². The van der Waals surface area contributed by atoms with Gasteiger partial charge in [0.2, 0.25) is 5.70 Å². The molecule has 6 nitrogen and oxygen atoms in total. The molecule has 1 aliphatic rings. The third kappa shape index (κ3) is 4.79. The molecule has 29 heavy (non-hydrogen) atoms. The van der Waals surface area contributed by atoms with Crippen molar-refractivity contribution in [3.05, 3.63) is 81.6 Å². The third-order valence-electron chi connectivity index (χ3n) is 4.50. The molecule has 0 aromatic heterocycles. The lowest BCUT2D eigenvalue weighted by atomic mass is 10.0. The molecule has 1 aliphatic heterocycles. The average Bonchev–Trinajstić information content (AvgIpc) is 2.93. The number of imide groups is 1. The summed E-state index contributed by atoms with van der Waals surface area (Å²) in [7, 11) is 0. The molecule has 0 aliphatic carbocycles. The largest absolute Gasteiger partial charge is 0.284 e. The van der Waals surface area contributed by atoms with Crippen LogP contribution < -0.4 is 0 Å². The molecule has 2 rings (SSSR count). The summed E-state index contributed by atoms with van der Waals surface area (Å²) in [4.78, 5) is 35.2. The van der Waals surface area contributed by atoms with Gasteiger partial charge in [-0.1, -0.05) is 30.9 Å². The maximum absolute atomic E-state index is 14.3. The minimum atomic E-state index is -3.87. The lowest BCUT2D eigenvalue weighted by molar-refractivity contribution is -0.426. The number of hydrogen-bond acceptors (Lipinski definition) is 4. The first-order valence-corrected chi connectivity index (χ1v) is 8.70. The first kappa shape index (κ1) is 22.1. The van der Waals surface area contributed by atoms with E-state index in [4.69, 9.17) is 0 Å². The van der Waals surface area contributed by atoms with E-state index in [1.165, 1.54) is 18.2 Å². The van der Waals surface area contributed by atoms with E-state index >= 15 is 0 Å². The molecule has 0 bridgehead atoms. The summed E-state index contributed by atoms with van der Waals surface area (Å²) in [5, 5.41) is 10.8. The Morgan fingerprint density at radius 3 is 2.31 bits per heavy atom. The Morgan fingerprint density at radius 2 is 1.83 bits per heavy atom. The van der Waals surface area contributed by atoms with Crippen molar-refractivity contribution < 1.29 is 27.7 Å². The van der Waals surface area contributed by atoms with Gasteiger partial charge in [-0.25, -0.2) is 13.2 Å². The second-order valence-electron chi connectivity index (χ2n) is 6.48. The molecule has 2 amide bonds. The van der Waals surface area contributed by atoms with Crippen molar-refractivity contribution in [2.45, 2.75) is 31.9 Å². The van der Waals surface area contributed by atoms with Crippen molar-refractivity contribution >= 4 is 11.8 Å². The van der Waals surface area contributed by atoms with Crippen molar-refractivity contribution in [2.75, 3.05) is 6.54 Å². The first-order chi connectivity index (χ1) is 13.6. The van der Waals surface area contributed by atoms with E-state index in [9.17, 15) is 32.9 Å². The molecule has 154 valence electrons. The zero-order valence-corrected chi connectivity index (χ0v) is 15.6. The highest BCUT2D eigenvalue weighted by atomic mass is 19.3. The van der Waals surface area contributed by atoms with Gasteiger partial charge in [0, 0.05) is 19.0 Å². The summed E-state index contributed by atoms with van der Waals surface area (Å²) < 4.78 is 42.9. The number of nitrogens with zero attached hydrogens (tertiary/aromatic N) is 2. The zero-order chi connectivity index (χ0) is 21.8. The number of nitro groups is 1. The number of carbonyl (C=O) groups excluding carboxylic acids is 2. The van der Waals surface area contributed by atoms with Crippen LogP contribution in [0.1, 0.15) is 40.5 Å². The number of amides is 2. The minimum Gasteiger partial charge on any atom is -0.274 e. The summed E-state index contributed by atoms with van der Waals surface area (Å²) >= 11 is 0. The van der Waals surface area contributed by atoms with Crippen LogP contribution in [0.2, 0.25) is 0 Å². The van der Waals surface area contributed by atoms with Crippen LogP contribution in [0.5, 0.6) is 0 Å². The molecule has 0 saturated heterocycles. The molecule has 9 heteroatoms. The maximum atomic E-state index is 14.3. The van der Waals surface area contributed by atoms with E-state index in [0.717, 1.165) is 19.1 Å². The molecular formula is C20H19F3N2O4. The van der Waals surface area contributed by atoms with Gasteiger partial charge in [-0.3, -0.25) is 24.6 Å². The van der Waals surface area contributed by atoms with E-state index in [2.05, 4.69) is 6.58 Å². The van der Waals surface area contributed by atoms with Crippen molar-refractivity contribution in [3.63, 3.8) is 0 Å². The minimum absolute atomic E-state index is 0.120. The zero-order valence-electron chi connectivity index (χ0n) is 15.6. The Hall–Kier alpha value is -3.23. The van der Waals surface area contributed by atoms with Gasteiger partial charge in [0.05, 0.1) is 22.5 Å². The number of carbonyl (C=O) groups is 2. The molecule has 1 heterocycles. The molecule has 1 atom stereocenters. The number of rotatable bonds is 9. The lowest BCUT2D eigenvalue weighted by Crippen LogP contribution is -2.38. The predicted molar refractivity (Wildman–Crippen MR) is 99.9 cm³/mol. The van der Waals surface area contributed by atoms with Crippen LogP contribution >= 0.6 is 0 Å². The first-order valence-electron chi connectivity index (χ1n) is 8.70. The van der Waals surface area contributed by atoms with E-state index in [-0.39, 0.29) is 28.8 Å². The average molecular weight is 408 g/mol. The summed E-state index contributed by atoms with van der Waals surface area (Å²) in [6.45, 7) is 3.77. The quantitative estimate of drug-likeness (QED) is 0.200. The van der Waals surface area contributed by atoms with Crippen LogP contribution in [0, 0.1) is 10.1 Å². The highest BCUT2D eigenvalue weighted by molar-refractivity contribution is 6.21. The van der Waals surface area contributed by atoms with Crippen molar-refractivity contribution in [3.8, 4) is 0 Å². The van der Waals surface area contributed by atoms with E-state index in [1.807, 2.05) is 0 Å². The molecule has 0 spiro atoms. The van der Waals surface area contributed by atoms with Gasteiger partial charge >= 0.3 is 0 Å². The number of halogens is 3. The van der Waals surface area contributed by atoms with Gasteiger partial charge in [-0.15, -0.1) is 0 Å². The van der Waals surface area contributed by atoms with Gasteiger partial charge in [0.15, 0.2) is 6.17 Å². The Labute approximate surface area is 165 Å².